The Labute approximate surface area is 59.0 Å². The second-order valence-electron chi connectivity index (χ2n) is 2.20. The standard InChI is InChI=1S/C6H9N2S/c7-5-8-9-6-3-1-2-4-6/h6H,1-4H2/q+1. The molecule has 1 aliphatic carbocycles. The summed E-state index contributed by atoms with van der Waals surface area (Å²) < 4.78 is 3.58. The van der Waals surface area contributed by atoms with Crippen molar-refractivity contribution in [3.63, 3.8) is 0 Å². The lowest BCUT2D eigenvalue weighted by Crippen LogP contribution is -1.95. The highest BCUT2D eigenvalue weighted by molar-refractivity contribution is 7.69. The molecule has 48 valence electrons. The van der Waals surface area contributed by atoms with E-state index in [2.05, 4.69) is 4.36 Å². The van der Waals surface area contributed by atoms with E-state index < -0.39 is 0 Å². The lowest BCUT2D eigenvalue weighted by atomic mass is 10.4. The minimum atomic E-state index is 0.643. The first-order valence-corrected chi connectivity index (χ1v) is 4.02. The molecule has 0 bridgehead atoms. The molecule has 2 nitrogen and oxygen atoms in total. The number of nitriles is 1. The number of rotatable bonds is 1. The quantitative estimate of drug-likeness (QED) is 0.404. The van der Waals surface area contributed by atoms with Gasteiger partial charge in [-0.2, -0.15) is 5.26 Å². The van der Waals surface area contributed by atoms with Gasteiger partial charge < -0.3 is 0 Å². The van der Waals surface area contributed by atoms with Gasteiger partial charge in [0.15, 0.2) is 0 Å². The maximum Gasteiger partial charge on any atom is 0.330 e. The lowest BCUT2D eigenvalue weighted by Gasteiger charge is -1.78. The second kappa shape index (κ2) is 3.52. The molecule has 0 N–H and O–H groups in total. The molecule has 0 aromatic carbocycles. The summed E-state index contributed by atoms with van der Waals surface area (Å²) in [7, 11) is 0. The minimum Gasteiger partial charge on any atom is -0.165 e. The molecule has 0 spiro atoms. The molecule has 1 aliphatic rings. The Hall–Kier alpha value is -0.490. The summed E-state index contributed by atoms with van der Waals surface area (Å²) in [5.74, 6) is 0. The zero-order valence-corrected chi connectivity index (χ0v) is 6.02. The van der Waals surface area contributed by atoms with Crippen LogP contribution in [0.4, 0.5) is 0 Å². The van der Waals surface area contributed by atoms with Gasteiger partial charge in [-0.3, -0.25) is 0 Å². The highest BCUT2D eigenvalue weighted by Gasteiger charge is 2.23. The Morgan fingerprint density at radius 3 is 2.67 bits per heavy atom. The molecule has 9 heavy (non-hydrogen) atoms. The van der Waals surface area contributed by atoms with Crippen LogP contribution in [0.25, 0.3) is 0 Å². The van der Waals surface area contributed by atoms with Crippen molar-refractivity contribution in [2.75, 3.05) is 0 Å². The zero-order chi connectivity index (χ0) is 6.53. The summed E-state index contributed by atoms with van der Waals surface area (Å²) in [4.78, 5) is 0. The van der Waals surface area contributed by atoms with Crippen LogP contribution in [0.2, 0.25) is 0 Å². The first-order valence-electron chi connectivity index (χ1n) is 3.18. The first-order chi connectivity index (χ1) is 4.43. The van der Waals surface area contributed by atoms with Gasteiger partial charge in [0, 0.05) is 12.8 Å². The summed E-state index contributed by atoms with van der Waals surface area (Å²) in [6.07, 6.45) is 6.91. The average Bonchev–Trinajstić information content (AvgIpc) is 2.34. The van der Waals surface area contributed by atoms with Crippen molar-refractivity contribution < 1.29 is 0 Å². The smallest absolute Gasteiger partial charge is 0.165 e. The molecule has 0 amide bonds. The summed E-state index contributed by atoms with van der Waals surface area (Å²) in [6.45, 7) is 0. The van der Waals surface area contributed by atoms with Crippen molar-refractivity contribution in [1.29, 1.82) is 5.26 Å². The molecule has 0 radical (unpaired) electrons. The molecule has 0 heterocycles. The number of hydrogen-bond acceptors (Lipinski definition) is 2. The molecule has 1 saturated carbocycles. The Balaban J connectivity index is 2.28. The molecule has 0 aliphatic heterocycles. The molecule has 1 rings (SSSR count). The van der Waals surface area contributed by atoms with Crippen LogP contribution < -0.4 is 0 Å². The van der Waals surface area contributed by atoms with E-state index in [1.807, 2.05) is 0 Å². The van der Waals surface area contributed by atoms with Gasteiger partial charge in [0.1, 0.15) is 0 Å². The summed E-state index contributed by atoms with van der Waals surface area (Å²) in [6, 6.07) is 0. The van der Waals surface area contributed by atoms with Crippen molar-refractivity contribution in [3.8, 4) is 6.19 Å². The third kappa shape index (κ3) is 2.06. The first kappa shape index (κ1) is 6.63. The van der Waals surface area contributed by atoms with Gasteiger partial charge in [-0.1, -0.05) is 0 Å². The predicted octanol–water partition coefficient (Wildman–Crippen LogP) is 1.68. The molecule has 0 unspecified atom stereocenters. The SMILES string of the molecule is N#CN=[S+]C1CCCC1. The maximum absolute atomic E-state index is 8.09. The number of hydrogen-bond donors (Lipinski definition) is 0. The molecular formula is C6H9N2S+. The van der Waals surface area contributed by atoms with Crippen LogP contribution in [0.1, 0.15) is 25.7 Å². The van der Waals surface area contributed by atoms with Gasteiger partial charge in [-0.15, -0.1) is 0 Å². The number of nitrogens with zero attached hydrogens (tertiary/aromatic N) is 2. The van der Waals surface area contributed by atoms with Crippen LogP contribution in [-0.2, 0) is 11.6 Å². The van der Waals surface area contributed by atoms with Crippen molar-refractivity contribution in [3.05, 3.63) is 0 Å². The normalized spacial score (nSPS) is 20.8. The van der Waals surface area contributed by atoms with Gasteiger partial charge in [0.25, 0.3) is 6.19 Å². The molecule has 0 atom stereocenters. The van der Waals surface area contributed by atoms with Crippen LogP contribution in [0.15, 0.2) is 4.36 Å². The Kier molecular flexibility index (Phi) is 2.59. The largest absolute Gasteiger partial charge is 0.330 e. The fourth-order valence-corrected chi connectivity index (χ4v) is 1.83. The van der Waals surface area contributed by atoms with E-state index in [0.29, 0.717) is 5.25 Å². The van der Waals surface area contributed by atoms with E-state index in [1.165, 1.54) is 37.2 Å². The topological polar surface area (TPSA) is 36.1 Å². The third-order valence-electron chi connectivity index (χ3n) is 1.54. The van der Waals surface area contributed by atoms with Crippen molar-refractivity contribution in [1.82, 2.24) is 0 Å². The fourth-order valence-electron chi connectivity index (χ4n) is 1.09. The molecule has 1 fully saturated rings. The van der Waals surface area contributed by atoms with E-state index in [1.54, 1.807) is 6.19 Å². The summed E-state index contributed by atoms with van der Waals surface area (Å²) >= 11 is 1.45. The van der Waals surface area contributed by atoms with E-state index in [9.17, 15) is 0 Å². The van der Waals surface area contributed by atoms with Crippen LogP contribution in [0.3, 0.4) is 0 Å². The Morgan fingerprint density at radius 2 is 2.11 bits per heavy atom. The summed E-state index contributed by atoms with van der Waals surface area (Å²) in [5.41, 5.74) is 0. The lowest BCUT2D eigenvalue weighted by molar-refractivity contribution is 0.886. The molecule has 0 saturated heterocycles. The second-order valence-corrected chi connectivity index (χ2v) is 3.26. The fraction of sp³-hybridized carbons (Fsp3) is 0.833. The van der Waals surface area contributed by atoms with Gasteiger partial charge in [-0.25, -0.2) is 0 Å². The highest BCUT2D eigenvalue weighted by Crippen LogP contribution is 2.19. The van der Waals surface area contributed by atoms with E-state index in [-0.39, 0.29) is 0 Å². The van der Waals surface area contributed by atoms with Gasteiger partial charge >= 0.3 is 11.6 Å². The zero-order valence-electron chi connectivity index (χ0n) is 5.21. The van der Waals surface area contributed by atoms with E-state index >= 15 is 0 Å². The van der Waals surface area contributed by atoms with Crippen molar-refractivity contribution in [2.24, 2.45) is 4.36 Å². The molecule has 3 heteroatoms. The van der Waals surface area contributed by atoms with Crippen LogP contribution >= 0.6 is 0 Å². The van der Waals surface area contributed by atoms with Crippen molar-refractivity contribution in [2.45, 2.75) is 30.9 Å². The van der Waals surface area contributed by atoms with E-state index in [0.717, 1.165) is 0 Å². The minimum absolute atomic E-state index is 0.643. The van der Waals surface area contributed by atoms with Crippen LogP contribution in [-0.4, -0.2) is 5.25 Å². The molecule has 0 aromatic rings. The Morgan fingerprint density at radius 1 is 1.44 bits per heavy atom. The predicted molar refractivity (Wildman–Crippen MR) is 37.7 cm³/mol. The highest BCUT2D eigenvalue weighted by atomic mass is 32.1. The summed E-state index contributed by atoms with van der Waals surface area (Å²) in [5, 5.41) is 8.73. The average molecular weight is 141 g/mol. The van der Waals surface area contributed by atoms with Crippen molar-refractivity contribution >= 4 is 11.6 Å². The molecule has 0 aromatic heterocycles. The maximum atomic E-state index is 8.09. The van der Waals surface area contributed by atoms with Gasteiger partial charge in [0.05, 0.1) is 4.36 Å². The third-order valence-corrected chi connectivity index (χ3v) is 2.50. The van der Waals surface area contributed by atoms with Gasteiger partial charge in [0.2, 0.25) is 5.25 Å². The Bertz CT molecular complexity index is 142. The molecular weight excluding hydrogens is 132 g/mol. The van der Waals surface area contributed by atoms with Crippen LogP contribution in [0.5, 0.6) is 0 Å². The van der Waals surface area contributed by atoms with Gasteiger partial charge in [-0.05, 0) is 12.8 Å². The van der Waals surface area contributed by atoms with E-state index in [4.69, 9.17) is 5.26 Å². The monoisotopic (exact) mass is 141 g/mol. The van der Waals surface area contributed by atoms with Crippen LogP contribution in [0, 0.1) is 11.5 Å².